The molecule has 0 amide bonds. The maximum atomic E-state index is 6.58. The molecule has 5 rings (SSSR count). The average Bonchev–Trinajstić information content (AvgIpc) is 3.37. The second-order valence-electron chi connectivity index (χ2n) is 8.58. The topological polar surface area (TPSA) is 18.5 Å². The summed E-state index contributed by atoms with van der Waals surface area (Å²) in [5.74, 6) is -0.698. The predicted octanol–water partition coefficient (Wildman–Crippen LogP) is 2.36. The Morgan fingerprint density at radius 1 is 0.618 bits per heavy atom. The van der Waals surface area contributed by atoms with Crippen LogP contribution < -0.4 is 32.9 Å². The zero-order chi connectivity index (χ0) is 22.6. The number of hydrogen-bond acceptors (Lipinski definition) is 2. The maximum absolute atomic E-state index is 6.58. The smallest absolute Gasteiger partial charge is 0.210 e. The van der Waals surface area contributed by atoms with Crippen molar-refractivity contribution in [2.24, 2.45) is 0 Å². The van der Waals surface area contributed by atoms with E-state index in [1.807, 2.05) is 0 Å². The lowest BCUT2D eigenvalue weighted by molar-refractivity contribution is -0.154. The highest BCUT2D eigenvalue weighted by molar-refractivity contribution is 7.96. The monoisotopic (exact) mass is 532 g/mol. The van der Waals surface area contributed by atoms with Crippen molar-refractivity contribution >= 4 is 23.2 Å². The fourth-order valence-corrected chi connectivity index (χ4v) is 10.2. The van der Waals surface area contributed by atoms with E-state index in [1.54, 1.807) is 0 Å². The van der Waals surface area contributed by atoms with Crippen molar-refractivity contribution in [2.45, 2.75) is 24.8 Å². The zero-order valence-electron chi connectivity index (χ0n) is 19.4. The van der Waals surface area contributed by atoms with Gasteiger partial charge in [0.25, 0.3) is 0 Å². The summed E-state index contributed by atoms with van der Waals surface area (Å²) in [5.41, 5.74) is 1.33. The first-order valence-corrected chi connectivity index (χ1v) is 13.5. The lowest BCUT2D eigenvalue weighted by Gasteiger charge is -2.41. The molecule has 1 aliphatic heterocycles. The Labute approximate surface area is 214 Å². The molecular formula is C30H30BrO2P. The summed E-state index contributed by atoms with van der Waals surface area (Å²) in [4.78, 5) is 0. The van der Waals surface area contributed by atoms with Crippen LogP contribution in [0.5, 0.6) is 0 Å². The van der Waals surface area contributed by atoms with Crippen LogP contribution >= 0.6 is 7.26 Å². The summed E-state index contributed by atoms with van der Waals surface area (Å²) in [6.07, 6.45) is 0.725. The quantitative estimate of drug-likeness (QED) is 0.340. The summed E-state index contributed by atoms with van der Waals surface area (Å²) in [6.45, 7) is 3.58. The second kappa shape index (κ2) is 11.0. The van der Waals surface area contributed by atoms with Crippen LogP contribution in [0, 0.1) is 0 Å². The second-order valence-corrected chi connectivity index (χ2v) is 12.3. The minimum absolute atomic E-state index is 0. The molecule has 1 heterocycles. The van der Waals surface area contributed by atoms with Crippen molar-refractivity contribution in [3.63, 3.8) is 0 Å². The molecule has 1 atom stereocenters. The van der Waals surface area contributed by atoms with E-state index in [1.165, 1.54) is 21.5 Å². The Bertz CT molecular complexity index is 1050. The van der Waals surface area contributed by atoms with Crippen LogP contribution in [0.1, 0.15) is 12.5 Å². The van der Waals surface area contributed by atoms with E-state index in [2.05, 4.69) is 128 Å². The number of rotatable bonds is 7. The van der Waals surface area contributed by atoms with Gasteiger partial charge >= 0.3 is 0 Å². The summed E-state index contributed by atoms with van der Waals surface area (Å²) >= 11 is 0. The number of benzene rings is 4. The first kappa shape index (κ1) is 24.8. The third-order valence-electron chi connectivity index (χ3n) is 6.78. The molecule has 0 saturated carbocycles. The molecule has 0 bridgehead atoms. The molecule has 1 unspecified atom stereocenters. The first-order valence-electron chi connectivity index (χ1n) is 11.6. The third kappa shape index (κ3) is 4.51. The van der Waals surface area contributed by atoms with Crippen LogP contribution in [-0.2, 0) is 15.9 Å². The third-order valence-corrected chi connectivity index (χ3v) is 11.7. The van der Waals surface area contributed by atoms with Crippen LogP contribution in [-0.4, -0.2) is 24.7 Å². The molecule has 174 valence electrons. The van der Waals surface area contributed by atoms with Gasteiger partial charge in [-0.1, -0.05) is 84.9 Å². The zero-order valence-corrected chi connectivity index (χ0v) is 21.9. The van der Waals surface area contributed by atoms with Gasteiger partial charge in [0, 0.05) is 6.42 Å². The van der Waals surface area contributed by atoms with Gasteiger partial charge in [-0.3, -0.25) is 0 Å². The minimum Gasteiger partial charge on any atom is -1.00 e. The largest absolute Gasteiger partial charge is 1.00 e. The molecular weight excluding hydrogens is 503 g/mol. The van der Waals surface area contributed by atoms with Crippen molar-refractivity contribution in [1.29, 1.82) is 0 Å². The molecule has 2 nitrogen and oxygen atoms in total. The van der Waals surface area contributed by atoms with Crippen molar-refractivity contribution in [1.82, 2.24) is 0 Å². The van der Waals surface area contributed by atoms with E-state index in [-0.39, 0.29) is 22.6 Å². The summed E-state index contributed by atoms with van der Waals surface area (Å²) < 4.78 is 13.2. The fraction of sp³-hybridized carbons (Fsp3) is 0.200. The average molecular weight is 533 g/mol. The van der Waals surface area contributed by atoms with E-state index in [4.69, 9.17) is 9.47 Å². The molecule has 4 aromatic carbocycles. The van der Waals surface area contributed by atoms with Gasteiger partial charge in [0.05, 0.1) is 13.2 Å². The van der Waals surface area contributed by atoms with Gasteiger partial charge in [-0.2, -0.15) is 0 Å². The lowest BCUT2D eigenvalue weighted by Crippen LogP contribution is -3.00. The van der Waals surface area contributed by atoms with E-state index in [0.717, 1.165) is 6.42 Å². The molecule has 34 heavy (non-hydrogen) atoms. The van der Waals surface area contributed by atoms with E-state index in [0.29, 0.717) is 13.2 Å². The van der Waals surface area contributed by atoms with Crippen LogP contribution in [0.3, 0.4) is 0 Å². The van der Waals surface area contributed by atoms with Gasteiger partial charge in [0.15, 0.2) is 0 Å². The SMILES string of the molecule is CC(C1(Cc2ccccc2)OCCO1)[P+](c1ccccc1)(c1ccccc1)c1ccccc1.[Br-]. The standard InChI is InChI=1S/C30H30O2P.BrH/c1-25(30(31-22-23-32-30)24-26-14-6-2-7-15-26)33(27-16-8-3-9-17-27,28-18-10-4-11-19-28)29-20-12-5-13-21-29;/h2-21,25H,22-24H2,1H3;1H/q+1;/p-1. The van der Waals surface area contributed by atoms with Crippen LogP contribution in [0.2, 0.25) is 0 Å². The molecule has 1 saturated heterocycles. The molecule has 0 N–H and O–H groups in total. The summed E-state index contributed by atoms with van der Waals surface area (Å²) in [6, 6.07) is 43.5. The minimum atomic E-state index is -2.15. The van der Waals surface area contributed by atoms with Crippen LogP contribution in [0.25, 0.3) is 0 Å². The Morgan fingerprint density at radius 2 is 0.971 bits per heavy atom. The van der Waals surface area contributed by atoms with Gasteiger partial charge in [0.2, 0.25) is 5.79 Å². The lowest BCUT2D eigenvalue weighted by atomic mass is 10.0. The number of ether oxygens (including phenoxy) is 2. The molecule has 1 fully saturated rings. The van der Waals surface area contributed by atoms with Crippen molar-refractivity contribution < 1.29 is 26.5 Å². The van der Waals surface area contributed by atoms with Crippen LogP contribution in [0.4, 0.5) is 0 Å². The molecule has 0 aromatic heterocycles. The highest BCUT2D eigenvalue weighted by Gasteiger charge is 2.61. The molecule has 4 heteroatoms. The Kier molecular flexibility index (Phi) is 8.01. The fourth-order valence-electron chi connectivity index (χ4n) is 5.24. The number of hydrogen-bond donors (Lipinski definition) is 0. The molecule has 0 radical (unpaired) electrons. The van der Waals surface area contributed by atoms with E-state index in [9.17, 15) is 0 Å². The number of halogens is 1. The molecule has 0 spiro atoms. The normalized spacial score (nSPS) is 15.9. The molecule has 1 aliphatic rings. The predicted molar refractivity (Wildman–Crippen MR) is 139 cm³/mol. The Hall–Kier alpha value is -2.29. The van der Waals surface area contributed by atoms with Gasteiger partial charge in [-0.25, -0.2) is 0 Å². The highest BCUT2D eigenvalue weighted by Crippen LogP contribution is 2.63. The Balaban J connectivity index is 0.00000274. The van der Waals surface area contributed by atoms with Crippen molar-refractivity contribution in [2.75, 3.05) is 13.2 Å². The van der Waals surface area contributed by atoms with Crippen molar-refractivity contribution in [3.8, 4) is 0 Å². The van der Waals surface area contributed by atoms with Crippen LogP contribution in [0.15, 0.2) is 121 Å². The molecule has 4 aromatic rings. The van der Waals surface area contributed by atoms with E-state index >= 15 is 0 Å². The van der Waals surface area contributed by atoms with Gasteiger partial charge in [-0.05, 0) is 48.9 Å². The Morgan fingerprint density at radius 3 is 1.35 bits per heavy atom. The highest BCUT2D eigenvalue weighted by atomic mass is 79.9. The molecule has 0 aliphatic carbocycles. The summed E-state index contributed by atoms with van der Waals surface area (Å²) in [5, 5.41) is 4.05. The first-order chi connectivity index (χ1) is 16.3. The van der Waals surface area contributed by atoms with Gasteiger partial charge < -0.3 is 26.5 Å². The van der Waals surface area contributed by atoms with Gasteiger partial charge in [-0.15, -0.1) is 0 Å². The van der Waals surface area contributed by atoms with E-state index < -0.39 is 13.0 Å². The maximum Gasteiger partial charge on any atom is 0.210 e. The van der Waals surface area contributed by atoms with Gasteiger partial charge in [0.1, 0.15) is 28.8 Å². The summed E-state index contributed by atoms with van der Waals surface area (Å²) in [7, 11) is -2.15. The van der Waals surface area contributed by atoms with Crippen molar-refractivity contribution in [3.05, 3.63) is 127 Å².